The zero-order valence-corrected chi connectivity index (χ0v) is 11.5. The summed E-state index contributed by atoms with van der Waals surface area (Å²) in [5.41, 5.74) is 7.47. The van der Waals surface area contributed by atoms with E-state index in [-0.39, 0.29) is 12.5 Å². The van der Waals surface area contributed by atoms with Gasteiger partial charge in [0.1, 0.15) is 5.75 Å². The molecule has 1 aliphatic rings. The second kappa shape index (κ2) is 6.04. The maximum atomic E-state index is 12.0. The van der Waals surface area contributed by atoms with Gasteiger partial charge in [0.2, 0.25) is 0 Å². The first-order chi connectivity index (χ1) is 9.11. The number of anilines is 1. The minimum absolute atomic E-state index is 0.00720. The summed E-state index contributed by atoms with van der Waals surface area (Å²) in [6.07, 6.45) is 0. The Morgan fingerprint density at radius 3 is 2.95 bits per heavy atom. The lowest BCUT2D eigenvalue weighted by Crippen LogP contribution is -2.43. The largest absolute Gasteiger partial charge is 0.482 e. The number of carbonyl (C=O) groups excluding carboxylic acids is 1. The first-order valence-corrected chi connectivity index (χ1v) is 6.61. The molecule has 1 aliphatic heterocycles. The lowest BCUT2D eigenvalue weighted by molar-refractivity contribution is -0.121. The zero-order chi connectivity index (χ0) is 13.8. The van der Waals surface area contributed by atoms with E-state index in [0.29, 0.717) is 19.1 Å². The number of hydrogen-bond donors (Lipinski definition) is 2. The summed E-state index contributed by atoms with van der Waals surface area (Å²) < 4.78 is 5.44. The van der Waals surface area contributed by atoms with E-state index in [9.17, 15) is 4.79 Å². The van der Waals surface area contributed by atoms with Gasteiger partial charge in [0, 0.05) is 25.7 Å². The Bertz CT molecular complexity index is 460. The van der Waals surface area contributed by atoms with E-state index >= 15 is 0 Å². The first-order valence-electron chi connectivity index (χ1n) is 6.61. The molecule has 3 N–H and O–H groups in total. The number of ether oxygens (including phenoxy) is 1. The van der Waals surface area contributed by atoms with Crippen molar-refractivity contribution in [2.24, 2.45) is 5.73 Å². The van der Waals surface area contributed by atoms with E-state index in [1.807, 2.05) is 18.2 Å². The van der Waals surface area contributed by atoms with E-state index < -0.39 is 0 Å². The molecule has 0 unspecified atom stereocenters. The molecule has 5 heteroatoms. The van der Waals surface area contributed by atoms with Crippen molar-refractivity contribution in [2.75, 3.05) is 24.6 Å². The standard InChI is InChI=1S/C14H21N3O2/c1-10(2)16-5-6-17-12-7-11(8-15)3-4-13(12)19-9-14(17)18/h3-4,7,10,16H,5-6,8-9,15H2,1-2H3. The number of nitrogens with one attached hydrogen (secondary N) is 1. The quantitative estimate of drug-likeness (QED) is 0.827. The summed E-state index contributed by atoms with van der Waals surface area (Å²) in [6.45, 7) is 6.14. The minimum Gasteiger partial charge on any atom is -0.482 e. The highest BCUT2D eigenvalue weighted by Gasteiger charge is 2.25. The maximum absolute atomic E-state index is 12.0. The predicted molar refractivity (Wildman–Crippen MR) is 75.3 cm³/mol. The molecule has 0 spiro atoms. The van der Waals surface area contributed by atoms with Crippen LogP contribution in [0.4, 0.5) is 5.69 Å². The van der Waals surface area contributed by atoms with Crippen molar-refractivity contribution in [3.8, 4) is 5.75 Å². The third-order valence-electron chi connectivity index (χ3n) is 3.09. The number of fused-ring (bicyclic) bond motifs is 1. The van der Waals surface area contributed by atoms with E-state index in [4.69, 9.17) is 10.5 Å². The fourth-order valence-electron chi connectivity index (χ4n) is 2.08. The van der Waals surface area contributed by atoms with Crippen molar-refractivity contribution in [1.82, 2.24) is 5.32 Å². The summed E-state index contributed by atoms with van der Waals surface area (Å²) in [6, 6.07) is 6.15. The van der Waals surface area contributed by atoms with Gasteiger partial charge in [-0.05, 0) is 17.7 Å². The molecule has 5 nitrogen and oxygen atoms in total. The smallest absolute Gasteiger partial charge is 0.265 e. The number of nitrogens with two attached hydrogens (primary N) is 1. The molecule has 104 valence electrons. The van der Waals surface area contributed by atoms with Crippen LogP contribution in [0.3, 0.4) is 0 Å². The van der Waals surface area contributed by atoms with Gasteiger partial charge in [-0.25, -0.2) is 0 Å². The lowest BCUT2D eigenvalue weighted by atomic mass is 10.1. The molecule has 0 saturated carbocycles. The molecule has 0 atom stereocenters. The van der Waals surface area contributed by atoms with Crippen molar-refractivity contribution < 1.29 is 9.53 Å². The Kier molecular flexibility index (Phi) is 4.39. The van der Waals surface area contributed by atoms with Crippen LogP contribution in [0.2, 0.25) is 0 Å². The van der Waals surface area contributed by atoms with Crippen LogP contribution in [0, 0.1) is 0 Å². The molecule has 0 aromatic heterocycles. The van der Waals surface area contributed by atoms with Gasteiger partial charge in [0.25, 0.3) is 5.91 Å². The van der Waals surface area contributed by atoms with Crippen molar-refractivity contribution in [3.05, 3.63) is 23.8 Å². The number of nitrogens with zero attached hydrogens (tertiary/aromatic N) is 1. The fourth-order valence-corrected chi connectivity index (χ4v) is 2.08. The van der Waals surface area contributed by atoms with Crippen molar-refractivity contribution in [1.29, 1.82) is 0 Å². The Labute approximate surface area is 113 Å². The van der Waals surface area contributed by atoms with Crippen LogP contribution >= 0.6 is 0 Å². The van der Waals surface area contributed by atoms with Gasteiger partial charge in [-0.3, -0.25) is 4.79 Å². The van der Waals surface area contributed by atoms with Crippen LogP contribution in [0.25, 0.3) is 0 Å². The third-order valence-corrected chi connectivity index (χ3v) is 3.09. The number of carbonyl (C=O) groups is 1. The molecule has 0 radical (unpaired) electrons. The Morgan fingerprint density at radius 1 is 1.47 bits per heavy atom. The monoisotopic (exact) mass is 263 g/mol. The number of benzene rings is 1. The normalized spacial score (nSPS) is 14.5. The summed E-state index contributed by atoms with van der Waals surface area (Å²) in [7, 11) is 0. The van der Waals surface area contributed by atoms with E-state index in [2.05, 4.69) is 19.2 Å². The summed E-state index contributed by atoms with van der Waals surface area (Å²) >= 11 is 0. The summed E-state index contributed by atoms with van der Waals surface area (Å²) in [5.74, 6) is 0.744. The van der Waals surface area contributed by atoms with Crippen LogP contribution in [-0.2, 0) is 11.3 Å². The third kappa shape index (κ3) is 3.24. The van der Waals surface area contributed by atoms with Crippen LogP contribution < -0.4 is 20.7 Å². The topological polar surface area (TPSA) is 67.6 Å². The molecule has 1 heterocycles. The van der Waals surface area contributed by atoms with Gasteiger partial charge in [-0.2, -0.15) is 0 Å². The maximum Gasteiger partial charge on any atom is 0.265 e. The van der Waals surface area contributed by atoms with Crippen LogP contribution in [0.1, 0.15) is 19.4 Å². The molecule has 1 aromatic carbocycles. The van der Waals surface area contributed by atoms with Gasteiger partial charge >= 0.3 is 0 Å². The SMILES string of the molecule is CC(C)NCCN1C(=O)COc2ccc(CN)cc21. The van der Waals surface area contributed by atoms with Crippen LogP contribution in [-0.4, -0.2) is 31.6 Å². The van der Waals surface area contributed by atoms with Crippen molar-refractivity contribution >= 4 is 11.6 Å². The van der Waals surface area contributed by atoms with Gasteiger partial charge in [0.05, 0.1) is 5.69 Å². The molecule has 1 aromatic rings. The number of rotatable bonds is 5. The molecule has 0 fully saturated rings. The second-order valence-corrected chi connectivity index (χ2v) is 4.95. The lowest BCUT2D eigenvalue weighted by Gasteiger charge is -2.30. The number of hydrogen-bond acceptors (Lipinski definition) is 4. The van der Waals surface area contributed by atoms with Crippen molar-refractivity contribution in [3.63, 3.8) is 0 Å². The highest BCUT2D eigenvalue weighted by molar-refractivity contribution is 5.97. The average molecular weight is 263 g/mol. The van der Waals surface area contributed by atoms with Gasteiger partial charge < -0.3 is 20.7 Å². The molecule has 0 aliphatic carbocycles. The van der Waals surface area contributed by atoms with E-state index in [0.717, 1.165) is 23.5 Å². The molecule has 19 heavy (non-hydrogen) atoms. The second-order valence-electron chi connectivity index (χ2n) is 4.95. The summed E-state index contributed by atoms with van der Waals surface area (Å²) in [4.78, 5) is 13.7. The van der Waals surface area contributed by atoms with Gasteiger partial charge in [-0.1, -0.05) is 19.9 Å². The Morgan fingerprint density at radius 2 is 2.26 bits per heavy atom. The van der Waals surface area contributed by atoms with Gasteiger partial charge in [-0.15, -0.1) is 0 Å². The first kappa shape index (κ1) is 13.8. The predicted octanol–water partition coefficient (Wildman–Crippen LogP) is 0.869. The molecular formula is C14H21N3O2. The van der Waals surface area contributed by atoms with E-state index in [1.165, 1.54) is 0 Å². The molecule has 2 rings (SSSR count). The van der Waals surface area contributed by atoms with Gasteiger partial charge in [0.15, 0.2) is 6.61 Å². The molecule has 0 saturated heterocycles. The molecule has 1 amide bonds. The highest BCUT2D eigenvalue weighted by Crippen LogP contribution is 2.32. The highest BCUT2D eigenvalue weighted by atomic mass is 16.5. The molecular weight excluding hydrogens is 242 g/mol. The van der Waals surface area contributed by atoms with Crippen LogP contribution in [0.5, 0.6) is 5.75 Å². The molecule has 0 bridgehead atoms. The summed E-state index contributed by atoms with van der Waals surface area (Å²) in [5, 5.41) is 3.31. The fraction of sp³-hybridized carbons (Fsp3) is 0.500. The average Bonchev–Trinajstić information content (AvgIpc) is 2.40. The zero-order valence-electron chi connectivity index (χ0n) is 11.5. The Hall–Kier alpha value is -1.59. The number of amides is 1. The minimum atomic E-state index is -0.00720. The van der Waals surface area contributed by atoms with E-state index in [1.54, 1.807) is 4.90 Å². The van der Waals surface area contributed by atoms with Crippen LogP contribution in [0.15, 0.2) is 18.2 Å². The Balaban J connectivity index is 2.16. The van der Waals surface area contributed by atoms with Crippen molar-refractivity contribution in [2.45, 2.75) is 26.4 Å².